The third-order valence-corrected chi connectivity index (χ3v) is 6.24. The van der Waals surface area contributed by atoms with Crippen LogP contribution in [0.1, 0.15) is 25.8 Å². The van der Waals surface area contributed by atoms with Crippen LogP contribution in [0.5, 0.6) is 5.75 Å². The second-order valence-corrected chi connectivity index (χ2v) is 8.74. The number of amides is 1. The molecule has 8 heteroatoms. The summed E-state index contributed by atoms with van der Waals surface area (Å²) in [6.07, 6.45) is 2.44. The average Bonchev–Trinajstić information content (AvgIpc) is 2.95. The van der Waals surface area contributed by atoms with Crippen molar-refractivity contribution in [2.75, 3.05) is 18.1 Å². The van der Waals surface area contributed by atoms with Gasteiger partial charge in [0.1, 0.15) is 17.4 Å². The number of aromatic nitrogens is 1. The van der Waals surface area contributed by atoms with E-state index in [1.807, 2.05) is 55.1 Å². The Morgan fingerprint density at radius 1 is 1.22 bits per heavy atom. The fraction of sp³-hybridized carbons (Fsp3) is 0.250. The first-order valence-corrected chi connectivity index (χ1v) is 10.9. The number of thiocarbonyl (C=S) groups is 1. The molecule has 0 unspecified atom stereocenters. The molecule has 3 aromatic rings. The molecule has 162 valence electrons. The van der Waals surface area contributed by atoms with E-state index in [4.69, 9.17) is 33.8 Å². The van der Waals surface area contributed by atoms with Crippen LogP contribution in [0.15, 0.2) is 54.7 Å². The van der Waals surface area contributed by atoms with Gasteiger partial charge in [-0.05, 0) is 68.9 Å². The lowest BCUT2D eigenvalue weighted by Gasteiger charge is -2.29. The Kier molecular flexibility index (Phi) is 6.00. The van der Waals surface area contributed by atoms with E-state index >= 15 is 0 Å². The van der Waals surface area contributed by atoms with Gasteiger partial charge < -0.3 is 9.64 Å². The molecule has 1 aliphatic heterocycles. The van der Waals surface area contributed by atoms with E-state index in [0.29, 0.717) is 35.9 Å². The lowest BCUT2D eigenvalue weighted by molar-refractivity contribution is -0.123. The van der Waals surface area contributed by atoms with Gasteiger partial charge in [0, 0.05) is 24.2 Å². The van der Waals surface area contributed by atoms with E-state index in [0.717, 1.165) is 16.7 Å². The van der Waals surface area contributed by atoms with Crippen LogP contribution in [0.4, 0.5) is 5.69 Å². The van der Waals surface area contributed by atoms with Crippen molar-refractivity contribution < 1.29 is 9.53 Å². The molecule has 0 spiro atoms. The van der Waals surface area contributed by atoms with Gasteiger partial charge in [0.25, 0.3) is 5.91 Å². The number of anilines is 1. The molecule has 1 aliphatic rings. The monoisotopic (exact) mass is 464 g/mol. The van der Waals surface area contributed by atoms with Crippen LogP contribution in [-0.2, 0) is 4.79 Å². The molecule has 4 rings (SSSR count). The van der Waals surface area contributed by atoms with Gasteiger partial charge in [-0.2, -0.15) is 5.26 Å². The summed E-state index contributed by atoms with van der Waals surface area (Å²) in [5.74, 6) is 0.620. The molecule has 1 fully saturated rings. The van der Waals surface area contributed by atoms with Crippen LogP contribution in [0, 0.1) is 11.3 Å². The van der Waals surface area contributed by atoms with Gasteiger partial charge in [0.15, 0.2) is 5.11 Å². The number of fused-ring (bicyclic) bond motifs is 1. The van der Waals surface area contributed by atoms with Gasteiger partial charge in [0.05, 0.1) is 28.4 Å². The van der Waals surface area contributed by atoms with Gasteiger partial charge in [-0.1, -0.05) is 17.7 Å². The predicted molar refractivity (Wildman–Crippen MR) is 129 cm³/mol. The van der Waals surface area contributed by atoms with Crippen molar-refractivity contribution in [2.45, 2.75) is 25.8 Å². The number of benzene rings is 2. The van der Waals surface area contributed by atoms with E-state index in [2.05, 4.69) is 4.98 Å². The molecule has 2 aromatic carbocycles. The Labute approximate surface area is 197 Å². The highest BCUT2D eigenvalue weighted by Crippen LogP contribution is 2.34. The van der Waals surface area contributed by atoms with Crippen LogP contribution in [0.3, 0.4) is 0 Å². The molecule has 6 nitrogen and oxygen atoms in total. The molecule has 0 saturated carbocycles. The molecule has 0 radical (unpaired) electrons. The molecule has 1 saturated heterocycles. The third kappa shape index (κ3) is 3.99. The Balaban J connectivity index is 1.42. The first kappa shape index (κ1) is 22.0. The number of halogens is 1. The molecule has 0 N–H and O–H groups in total. The number of hydrogen-bond donors (Lipinski definition) is 0. The zero-order chi connectivity index (χ0) is 22.9. The summed E-state index contributed by atoms with van der Waals surface area (Å²) >= 11 is 11.8. The molecule has 2 heterocycles. The molecule has 0 bridgehead atoms. The van der Waals surface area contributed by atoms with Gasteiger partial charge in [-0.25, -0.2) is 0 Å². The topological polar surface area (TPSA) is 69.5 Å². The number of rotatable bonds is 6. The first-order chi connectivity index (χ1) is 15.3. The van der Waals surface area contributed by atoms with Crippen molar-refractivity contribution in [2.24, 2.45) is 0 Å². The maximum Gasteiger partial charge on any atom is 0.258 e. The summed E-state index contributed by atoms with van der Waals surface area (Å²) < 4.78 is 5.90. The second-order valence-electron chi connectivity index (χ2n) is 7.97. The van der Waals surface area contributed by atoms with Gasteiger partial charge in [-0.3, -0.25) is 14.7 Å². The Morgan fingerprint density at radius 2 is 2.03 bits per heavy atom. The molecular formula is C24H21ClN4O2S. The highest BCUT2D eigenvalue weighted by molar-refractivity contribution is 7.80. The molecule has 32 heavy (non-hydrogen) atoms. The zero-order valence-electron chi connectivity index (χ0n) is 17.7. The number of carbonyl (C=O) groups excluding carboxylic acids is 1. The minimum atomic E-state index is -0.801. The van der Waals surface area contributed by atoms with Gasteiger partial charge >= 0.3 is 0 Å². The van der Waals surface area contributed by atoms with E-state index in [9.17, 15) is 4.79 Å². The SMILES string of the molecule is CC1(C)C(=O)N(c2ccc(C#N)c(Cl)c2)C(=S)N1CCCOc1ccc2cccnc2c1. The maximum atomic E-state index is 13.1. The second kappa shape index (κ2) is 8.73. The quantitative estimate of drug-likeness (QED) is 0.380. The molecular weight excluding hydrogens is 444 g/mol. The van der Waals surface area contributed by atoms with Crippen LogP contribution in [0.2, 0.25) is 5.02 Å². The largest absolute Gasteiger partial charge is 0.493 e. The van der Waals surface area contributed by atoms with Crippen molar-refractivity contribution in [1.29, 1.82) is 5.26 Å². The Bertz CT molecular complexity index is 1250. The third-order valence-electron chi connectivity index (χ3n) is 5.53. The van der Waals surface area contributed by atoms with Gasteiger partial charge in [-0.15, -0.1) is 0 Å². The van der Waals surface area contributed by atoms with Crippen molar-refractivity contribution in [3.8, 4) is 11.8 Å². The van der Waals surface area contributed by atoms with E-state index in [-0.39, 0.29) is 10.9 Å². The molecule has 0 atom stereocenters. The van der Waals surface area contributed by atoms with Crippen molar-refractivity contribution in [1.82, 2.24) is 9.88 Å². The minimum Gasteiger partial charge on any atom is -0.493 e. The Hall–Kier alpha value is -3.21. The zero-order valence-corrected chi connectivity index (χ0v) is 19.3. The van der Waals surface area contributed by atoms with Crippen LogP contribution < -0.4 is 9.64 Å². The fourth-order valence-electron chi connectivity index (χ4n) is 3.72. The number of nitriles is 1. The normalized spacial score (nSPS) is 15.3. The van der Waals surface area contributed by atoms with Gasteiger partial charge in [0.2, 0.25) is 0 Å². The smallest absolute Gasteiger partial charge is 0.258 e. The van der Waals surface area contributed by atoms with Crippen molar-refractivity contribution >= 4 is 51.4 Å². The van der Waals surface area contributed by atoms with Crippen LogP contribution in [-0.4, -0.2) is 39.6 Å². The lowest BCUT2D eigenvalue weighted by atomic mass is 10.0. The highest BCUT2D eigenvalue weighted by Gasteiger charge is 2.49. The summed E-state index contributed by atoms with van der Waals surface area (Å²) in [6.45, 7) is 4.74. The minimum absolute atomic E-state index is 0.134. The molecule has 1 aromatic heterocycles. The number of carbonyl (C=O) groups is 1. The maximum absolute atomic E-state index is 13.1. The van der Waals surface area contributed by atoms with Crippen molar-refractivity contribution in [3.05, 3.63) is 65.3 Å². The van der Waals surface area contributed by atoms with E-state index in [1.165, 1.54) is 4.90 Å². The van der Waals surface area contributed by atoms with E-state index in [1.54, 1.807) is 24.4 Å². The summed E-state index contributed by atoms with van der Waals surface area (Å²) in [5.41, 5.74) is 0.989. The molecule has 1 amide bonds. The van der Waals surface area contributed by atoms with E-state index < -0.39 is 5.54 Å². The number of hydrogen-bond acceptors (Lipinski definition) is 5. The summed E-state index contributed by atoms with van der Waals surface area (Å²) in [5, 5.41) is 10.9. The highest BCUT2D eigenvalue weighted by atomic mass is 35.5. The summed E-state index contributed by atoms with van der Waals surface area (Å²) in [7, 11) is 0. The Morgan fingerprint density at radius 3 is 2.78 bits per heavy atom. The first-order valence-electron chi connectivity index (χ1n) is 10.2. The summed E-state index contributed by atoms with van der Waals surface area (Å²) in [6, 6.07) is 16.6. The number of ether oxygens (including phenoxy) is 1. The van der Waals surface area contributed by atoms with Crippen LogP contribution >= 0.6 is 23.8 Å². The molecule has 0 aliphatic carbocycles. The predicted octanol–water partition coefficient (Wildman–Crippen LogP) is 4.94. The fourth-order valence-corrected chi connectivity index (χ4v) is 4.45. The average molecular weight is 465 g/mol. The van der Waals surface area contributed by atoms with Crippen molar-refractivity contribution in [3.63, 3.8) is 0 Å². The lowest BCUT2D eigenvalue weighted by Crippen LogP contribution is -2.44. The summed E-state index contributed by atoms with van der Waals surface area (Å²) in [4.78, 5) is 20.9. The number of nitrogens with zero attached hydrogens (tertiary/aromatic N) is 4. The standard InChI is InChI=1S/C24H21ClN4O2S/c1-24(2)22(30)29(18-8-6-17(15-26)20(25)13-18)23(32)28(24)11-4-12-31-19-9-7-16-5-3-10-27-21(16)14-19/h3,5-10,13-14H,4,11-12H2,1-2H3. The number of pyridine rings is 1. The van der Waals surface area contributed by atoms with Crippen LogP contribution in [0.25, 0.3) is 10.9 Å².